The van der Waals surface area contributed by atoms with Crippen LogP contribution in [-0.4, -0.2) is 295 Å². The number of carbonyl (C=O) groups is 3. The van der Waals surface area contributed by atoms with Gasteiger partial charge in [0.2, 0.25) is 17.7 Å². The number of rotatable bonds is 21. The maximum absolute atomic E-state index is 11.8. The van der Waals surface area contributed by atoms with Gasteiger partial charge < -0.3 is 91.1 Å². The minimum Gasteiger partial charge on any atom is -0.393 e. The first kappa shape index (κ1) is 101. The molecule has 0 radical (unpaired) electrons. The molecule has 0 saturated carbocycles. The maximum atomic E-state index is 11.8. The molecular formula is C112H133N19O12S7. The molecule has 31 nitrogen and oxygen atoms in total. The molecule has 0 spiro atoms. The molecule has 0 bridgehead atoms. The first-order valence-corrected chi connectivity index (χ1v) is 60.6. The van der Waals surface area contributed by atoms with E-state index in [4.69, 9.17) is 18.9 Å². The molecule has 31 heterocycles. The van der Waals surface area contributed by atoms with Gasteiger partial charge >= 0.3 is 0 Å². The second-order valence-electron chi connectivity index (χ2n) is 43.4. The van der Waals surface area contributed by atoms with Gasteiger partial charge in [-0.3, -0.25) is 24.2 Å². The molecule has 14 aromatic heterocycles. The number of amides is 3. The van der Waals surface area contributed by atoms with Crippen molar-refractivity contribution in [2.75, 3.05) is 112 Å². The van der Waals surface area contributed by atoms with Crippen LogP contribution in [0.2, 0.25) is 0 Å². The lowest BCUT2D eigenvalue weighted by atomic mass is 9.84. The second-order valence-corrected chi connectivity index (χ2v) is 50.0. The van der Waals surface area contributed by atoms with Crippen molar-refractivity contribution >= 4 is 97.1 Å². The van der Waals surface area contributed by atoms with Crippen molar-refractivity contribution in [3.63, 3.8) is 0 Å². The number of piperidine rings is 3. The van der Waals surface area contributed by atoms with Crippen LogP contribution in [0.25, 0.3) is 78.8 Å². The van der Waals surface area contributed by atoms with Gasteiger partial charge in [-0.1, -0.05) is 0 Å². The van der Waals surface area contributed by atoms with Gasteiger partial charge in [0.25, 0.3) is 0 Å². The highest BCUT2D eigenvalue weighted by Crippen LogP contribution is 2.54. The highest BCUT2D eigenvalue weighted by molar-refractivity contribution is 7.12. The Hall–Kier alpha value is -9.66. The van der Waals surface area contributed by atoms with Crippen molar-refractivity contribution in [1.29, 1.82) is 0 Å². The number of nitrogens with zero attached hydrogens (tertiary/aromatic N) is 19. The summed E-state index contributed by atoms with van der Waals surface area (Å²) < 4.78 is 37.3. The average Bonchev–Trinajstić information content (AvgIpc) is 1.60. The van der Waals surface area contributed by atoms with E-state index in [2.05, 4.69) is 157 Å². The lowest BCUT2D eigenvalue weighted by Crippen LogP contribution is -2.43. The number of morpholine rings is 2. The standard InChI is InChI=1S/3C18H21N3O2S.2C15H18N2O2S.2C14H17N3OS/c3*22-16(11-3-5-20-12(7-11)1-2-17(20)23)8-14-18-13(4-6-24-18)15-9-19-10-21(14)15;2*18-14(10-1-4-19-5-2-10)7-12-15-11(3-6-20-15)13-8-16-9-17(12)13;2*1(3-16-4-6-18-7-5-16)12-14-11(2-8-19-14)13-9-15-10-17(12)13/h3*4,6,9-12,14,16,22H,1-3,5,7-8H2;2*3,6,8-10,12,14,18H,1-2,4-5,7H2;2*2,8-10,12H,1,3-7H2/t11-,12+,14+,16-;11-,12+,14-,16+;11-,12+,14-,16-;12-,14+;12-,14-;2*12-/m1111010/s1. The number of hydrogen-bond donors (Lipinski definition) is 5. The fourth-order valence-electron chi connectivity index (χ4n) is 27.4. The Morgan fingerprint density at radius 2 is 0.480 bits per heavy atom. The zero-order valence-electron chi connectivity index (χ0n) is 84.4. The monoisotopic (exact) mass is 2160 g/mol. The zero-order valence-corrected chi connectivity index (χ0v) is 90.2. The Morgan fingerprint density at radius 1 is 0.267 bits per heavy atom. The third-order valence-corrected chi connectivity index (χ3v) is 42.6. The van der Waals surface area contributed by atoms with Crippen LogP contribution in [0, 0.1) is 29.6 Å². The molecule has 0 aliphatic carbocycles. The number of hydrogen-bond acceptors (Lipinski definition) is 28. The number of aliphatic hydroxyl groups is 5. The van der Waals surface area contributed by atoms with Crippen LogP contribution in [0.1, 0.15) is 224 Å². The van der Waals surface area contributed by atoms with Crippen LogP contribution in [0.3, 0.4) is 0 Å². The summed E-state index contributed by atoms with van der Waals surface area (Å²) in [6.45, 7) is 15.7. The van der Waals surface area contributed by atoms with Gasteiger partial charge in [-0.15, -0.1) is 79.4 Å². The van der Waals surface area contributed by atoms with Crippen molar-refractivity contribution in [2.45, 2.75) is 239 Å². The van der Waals surface area contributed by atoms with Crippen LogP contribution in [0.15, 0.2) is 168 Å². The minimum absolute atomic E-state index is 0.204. The molecule has 3 amide bonds. The van der Waals surface area contributed by atoms with Gasteiger partial charge in [-0.25, -0.2) is 34.9 Å². The van der Waals surface area contributed by atoms with Crippen molar-refractivity contribution in [1.82, 2.24) is 91.4 Å². The molecule has 10 saturated heterocycles. The Morgan fingerprint density at radius 3 is 0.720 bits per heavy atom. The molecule has 790 valence electrons. The third kappa shape index (κ3) is 19.9. The van der Waals surface area contributed by atoms with E-state index in [1.54, 1.807) is 56.7 Å². The summed E-state index contributed by atoms with van der Waals surface area (Å²) in [4.78, 5) is 86.4. The van der Waals surface area contributed by atoms with E-state index in [0.29, 0.717) is 96.8 Å². The number of aliphatic hydroxyl groups excluding tert-OH is 5. The molecule has 10 fully saturated rings. The summed E-state index contributed by atoms with van der Waals surface area (Å²) in [5.74, 6) is 2.55. The van der Waals surface area contributed by atoms with Gasteiger partial charge in [0.1, 0.15) is 0 Å². The van der Waals surface area contributed by atoms with E-state index in [1.165, 1.54) is 113 Å². The van der Waals surface area contributed by atoms with Gasteiger partial charge in [0, 0.05) is 196 Å². The molecule has 150 heavy (non-hydrogen) atoms. The van der Waals surface area contributed by atoms with Crippen molar-refractivity contribution in [3.05, 3.63) is 202 Å². The average molecular weight is 2160 g/mol. The number of carbonyl (C=O) groups excluding carboxylic acids is 3. The lowest BCUT2D eigenvalue weighted by Gasteiger charge is -2.37. The van der Waals surface area contributed by atoms with E-state index in [0.717, 1.165) is 240 Å². The zero-order chi connectivity index (χ0) is 101. The van der Waals surface area contributed by atoms with Gasteiger partial charge in [-0.05, 0) is 238 Å². The van der Waals surface area contributed by atoms with Gasteiger partial charge in [0.15, 0.2) is 0 Å². The number of ether oxygens (including phenoxy) is 4. The summed E-state index contributed by atoms with van der Waals surface area (Å²) in [7, 11) is 0. The molecule has 0 aromatic carbocycles. The van der Waals surface area contributed by atoms with Crippen molar-refractivity contribution in [3.8, 4) is 78.8 Å². The predicted molar refractivity (Wildman–Crippen MR) is 582 cm³/mol. The van der Waals surface area contributed by atoms with Crippen LogP contribution in [-0.2, 0) is 33.3 Å². The Bertz CT molecular complexity index is 6160. The number of fused-ring (bicyclic) bond motifs is 24. The van der Waals surface area contributed by atoms with E-state index < -0.39 is 0 Å². The van der Waals surface area contributed by atoms with Crippen LogP contribution >= 0.6 is 79.4 Å². The summed E-state index contributed by atoms with van der Waals surface area (Å²) in [5, 5.41) is 68.9. The molecule has 14 aromatic rings. The molecule has 0 unspecified atom stereocenters. The van der Waals surface area contributed by atoms with Crippen molar-refractivity contribution in [2.24, 2.45) is 29.6 Å². The number of imidazole rings is 7. The topological polar surface area (TPSA) is 330 Å². The van der Waals surface area contributed by atoms with E-state index >= 15 is 0 Å². The molecule has 17 aliphatic rings. The molecule has 17 aliphatic heterocycles. The third-order valence-electron chi connectivity index (χ3n) is 35.5. The largest absolute Gasteiger partial charge is 0.393 e. The summed E-state index contributed by atoms with van der Waals surface area (Å²) in [6.07, 6.45) is 46.1. The predicted octanol–water partition coefficient (Wildman–Crippen LogP) is 17.9. The van der Waals surface area contributed by atoms with E-state index in [1.807, 2.05) is 125 Å². The molecule has 5 N–H and O–H groups in total. The lowest BCUT2D eigenvalue weighted by molar-refractivity contribution is -0.131. The molecule has 18 atom stereocenters. The second kappa shape index (κ2) is 44.7. The molecule has 31 rings (SSSR count). The Balaban J connectivity index is 0.0000000908. The quantitative estimate of drug-likeness (QED) is 0.0446. The smallest absolute Gasteiger partial charge is 0.222 e. The maximum Gasteiger partial charge on any atom is 0.222 e. The van der Waals surface area contributed by atoms with Gasteiger partial charge in [0.05, 0.1) is 227 Å². The summed E-state index contributed by atoms with van der Waals surface area (Å²) in [5.41, 5.74) is 17.6. The fraction of sp³-hybridized carbons (Fsp3) is 0.536. The van der Waals surface area contributed by atoms with Crippen LogP contribution in [0.5, 0.6) is 0 Å². The minimum atomic E-state index is -0.323. The van der Waals surface area contributed by atoms with Crippen LogP contribution in [0.4, 0.5) is 0 Å². The van der Waals surface area contributed by atoms with E-state index in [-0.39, 0.29) is 60.7 Å². The SMILES string of the molecule is O=C1CC[C@H]2C[C@H]([C@@H](O)C[C@@H]3c4sccc4-c4cncn43)CCN12.O=C1CC[C@H]2C[C@H]([C@H](O)C[C@@H]3c4sccc4-c4cncn43)CCN12.O=C1CC[C@H]2C[C@H]([C@H](O)C[C@H]3c4sccc4-c4cncn43)CCN12.O[C@@H](C[C@@H]1c2sccc2-c2cncn21)C1CCOCC1.O[C@@H](C[C@H]1c2sccc2-c2cncn21)C1CCOCC1.c1cc2c(s1)[C@@H](CCN1CCOCC1)n1cncc1-2.c1cc2c(s1)[C@H](CCN1CCOCC1)n1cncc1-2. The Labute approximate surface area is 901 Å². The number of thiophene rings is 7. The first-order chi connectivity index (χ1) is 73.7. The number of aromatic nitrogens is 14. The molecular weight excluding hydrogens is 2030 g/mol. The Kier molecular flexibility index (Phi) is 30.0. The first-order valence-electron chi connectivity index (χ1n) is 54.4. The fourth-order valence-corrected chi connectivity index (χ4v) is 34.5. The highest BCUT2D eigenvalue weighted by Gasteiger charge is 2.47. The van der Waals surface area contributed by atoms with E-state index in [9.17, 15) is 39.9 Å². The summed E-state index contributed by atoms with van der Waals surface area (Å²) in [6, 6.07) is 18.4. The normalized spacial score (nSPS) is 26.1. The summed E-state index contributed by atoms with van der Waals surface area (Å²) >= 11 is 12.6. The highest BCUT2D eigenvalue weighted by atomic mass is 32.1. The van der Waals surface area contributed by atoms with Gasteiger partial charge in [-0.2, -0.15) is 0 Å². The molecule has 38 heteroatoms. The van der Waals surface area contributed by atoms with Crippen LogP contribution < -0.4 is 0 Å². The van der Waals surface area contributed by atoms with Crippen molar-refractivity contribution < 1.29 is 58.9 Å².